The number of nitrogens with two attached hydrogens (primary N) is 1. The summed E-state index contributed by atoms with van der Waals surface area (Å²) in [7, 11) is -4.00. The van der Waals surface area contributed by atoms with E-state index in [1.54, 1.807) is 0 Å². The maximum Gasteiger partial charge on any atom is 0.322 e. The maximum absolute atomic E-state index is 11.9. The van der Waals surface area contributed by atoms with Gasteiger partial charge in [-0.3, -0.25) is 9.59 Å². The van der Waals surface area contributed by atoms with E-state index in [1.165, 1.54) is 24.3 Å². The van der Waals surface area contributed by atoms with Crippen LogP contribution in [0.4, 0.5) is 0 Å². The van der Waals surface area contributed by atoms with Crippen LogP contribution in [0.1, 0.15) is 17.5 Å². The van der Waals surface area contributed by atoms with Crippen LogP contribution >= 0.6 is 0 Å². The fraction of sp³-hybridized carbons (Fsp3) is 0.250. The molecule has 0 aliphatic heterocycles. The van der Waals surface area contributed by atoms with Gasteiger partial charge in [-0.05, 0) is 17.7 Å². The van der Waals surface area contributed by atoms with Crippen LogP contribution < -0.4 is 10.5 Å². The van der Waals surface area contributed by atoms with Crippen LogP contribution in [-0.2, 0) is 25.4 Å². The number of hydrogen-bond donors (Lipinski definition) is 3. The number of hydrogen-bond acceptors (Lipinski definition) is 5. The zero-order chi connectivity index (χ0) is 16.0. The highest BCUT2D eigenvalue weighted by Gasteiger charge is 2.25. The minimum Gasteiger partial charge on any atom is -0.480 e. The van der Waals surface area contributed by atoms with E-state index >= 15 is 0 Å². The molecule has 0 bridgehead atoms. The summed E-state index contributed by atoms with van der Waals surface area (Å²) in [6, 6.07) is 6.14. The van der Waals surface area contributed by atoms with Gasteiger partial charge < -0.3 is 10.8 Å². The number of benzene rings is 1. The number of carboxylic acids is 1. The van der Waals surface area contributed by atoms with Crippen LogP contribution in [-0.4, -0.2) is 31.4 Å². The van der Waals surface area contributed by atoms with Crippen LogP contribution in [0.25, 0.3) is 0 Å². The van der Waals surface area contributed by atoms with E-state index in [0.717, 1.165) is 0 Å². The second kappa shape index (κ2) is 6.83. The Hall–Kier alpha value is -2.44. The molecule has 0 saturated carbocycles. The molecule has 0 spiro atoms. The number of carbonyl (C=O) groups excluding carboxylic acids is 1. The summed E-state index contributed by atoms with van der Waals surface area (Å²) in [5.41, 5.74) is 5.48. The minimum absolute atomic E-state index is 0.287. The summed E-state index contributed by atoms with van der Waals surface area (Å²) < 4.78 is 25.7. The Balaban J connectivity index is 2.87. The lowest BCUT2D eigenvalue weighted by molar-refractivity contribution is -0.140. The summed E-state index contributed by atoms with van der Waals surface area (Å²) in [6.07, 6.45) is -0.646. The number of carboxylic acid groups (broad SMARTS) is 1. The van der Waals surface area contributed by atoms with E-state index in [-0.39, 0.29) is 5.56 Å². The first-order valence-electron chi connectivity index (χ1n) is 5.73. The molecule has 0 aromatic heterocycles. The molecule has 21 heavy (non-hydrogen) atoms. The molecular weight excluding hydrogens is 298 g/mol. The molecule has 1 unspecified atom stereocenters. The number of nitrogens with one attached hydrogen (secondary N) is 1. The lowest BCUT2D eigenvalue weighted by Crippen LogP contribution is -2.43. The van der Waals surface area contributed by atoms with Crippen molar-refractivity contribution >= 4 is 21.9 Å². The van der Waals surface area contributed by atoms with Crippen molar-refractivity contribution in [1.82, 2.24) is 4.72 Å². The van der Waals surface area contributed by atoms with Gasteiger partial charge in [-0.25, -0.2) is 13.1 Å². The van der Waals surface area contributed by atoms with E-state index < -0.39 is 40.1 Å². The molecule has 1 amide bonds. The Morgan fingerprint density at radius 3 is 2.62 bits per heavy atom. The summed E-state index contributed by atoms with van der Waals surface area (Å²) in [6.45, 7) is 0. The number of aliphatic carboxylic acids is 1. The second-order valence-corrected chi connectivity index (χ2v) is 6.00. The van der Waals surface area contributed by atoms with Gasteiger partial charge >= 0.3 is 5.97 Å². The molecule has 1 rings (SSSR count). The first kappa shape index (κ1) is 16.6. The van der Waals surface area contributed by atoms with Crippen LogP contribution in [0, 0.1) is 11.3 Å². The highest BCUT2D eigenvalue weighted by atomic mass is 32.2. The standard InChI is InChI=1S/C12H13N3O5S/c13-6-8-2-1-3-9(4-8)7-21(19,20)15-10(12(17)18)5-11(14)16/h1-4,10,15H,5,7H2,(H2,14,16)(H,17,18). The number of carbonyl (C=O) groups is 2. The molecule has 112 valence electrons. The molecule has 0 radical (unpaired) electrons. The van der Waals surface area contributed by atoms with Crippen molar-refractivity contribution < 1.29 is 23.1 Å². The lowest BCUT2D eigenvalue weighted by atomic mass is 10.2. The van der Waals surface area contributed by atoms with Crippen LogP contribution in [0.15, 0.2) is 24.3 Å². The summed E-state index contributed by atoms with van der Waals surface area (Å²) in [4.78, 5) is 21.6. The first-order chi connectivity index (χ1) is 9.73. The molecule has 0 heterocycles. The summed E-state index contributed by atoms with van der Waals surface area (Å²) >= 11 is 0. The predicted molar refractivity (Wildman–Crippen MR) is 72.2 cm³/mol. The quantitative estimate of drug-likeness (QED) is 0.606. The van der Waals surface area contributed by atoms with Crippen molar-refractivity contribution in [1.29, 1.82) is 5.26 Å². The number of nitrogens with zero attached hydrogens (tertiary/aromatic N) is 1. The fourth-order valence-electron chi connectivity index (χ4n) is 1.59. The van der Waals surface area contributed by atoms with Crippen molar-refractivity contribution in [3.8, 4) is 6.07 Å². The summed E-state index contributed by atoms with van der Waals surface area (Å²) in [5, 5.41) is 17.6. The molecule has 0 aliphatic rings. The number of sulfonamides is 1. The van der Waals surface area contributed by atoms with Crippen LogP contribution in [0.3, 0.4) is 0 Å². The van der Waals surface area contributed by atoms with Gasteiger partial charge in [0.15, 0.2) is 0 Å². The Labute approximate surface area is 121 Å². The maximum atomic E-state index is 11.9. The van der Waals surface area contributed by atoms with Gasteiger partial charge in [-0.15, -0.1) is 0 Å². The molecule has 9 heteroatoms. The zero-order valence-electron chi connectivity index (χ0n) is 10.8. The van der Waals surface area contributed by atoms with Gasteiger partial charge in [-0.1, -0.05) is 12.1 Å². The second-order valence-electron chi connectivity index (χ2n) is 4.25. The van der Waals surface area contributed by atoms with E-state index in [4.69, 9.17) is 16.1 Å². The highest BCUT2D eigenvalue weighted by Crippen LogP contribution is 2.09. The molecule has 0 aliphatic carbocycles. The normalized spacial score (nSPS) is 12.3. The van der Waals surface area contributed by atoms with Crippen molar-refractivity contribution in [3.63, 3.8) is 0 Å². The van der Waals surface area contributed by atoms with Crippen LogP contribution in [0.2, 0.25) is 0 Å². The van der Waals surface area contributed by atoms with Crippen LogP contribution in [0.5, 0.6) is 0 Å². The minimum atomic E-state index is -4.00. The van der Waals surface area contributed by atoms with Gasteiger partial charge in [0.05, 0.1) is 23.8 Å². The molecule has 8 nitrogen and oxygen atoms in total. The average Bonchev–Trinajstić information content (AvgIpc) is 2.36. The number of nitriles is 1. The molecule has 0 fully saturated rings. The smallest absolute Gasteiger partial charge is 0.322 e. The third-order valence-electron chi connectivity index (χ3n) is 2.44. The average molecular weight is 311 g/mol. The van der Waals surface area contributed by atoms with Gasteiger partial charge in [0.1, 0.15) is 6.04 Å². The number of amides is 1. The third kappa shape index (κ3) is 5.60. The van der Waals surface area contributed by atoms with E-state index in [0.29, 0.717) is 5.56 Å². The number of rotatable bonds is 7. The van der Waals surface area contributed by atoms with Crippen molar-refractivity contribution in [2.45, 2.75) is 18.2 Å². The van der Waals surface area contributed by atoms with Gasteiger partial charge in [0.2, 0.25) is 15.9 Å². The monoisotopic (exact) mass is 311 g/mol. The Morgan fingerprint density at radius 1 is 1.43 bits per heavy atom. The zero-order valence-corrected chi connectivity index (χ0v) is 11.6. The molecular formula is C12H13N3O5S. The molecule has 1 atom stereocenters. The van der Waals surface area contributed by atoms with Crippen molar-refractivity contribution in [2.75, 3.05) is 0 Å². The van der Waals surface area contributed by atoms with E-state index in [2.05, 4.69) is 0 Å². The Bertz CT molecular complexity index is 693. The molecule has 0 saturated heterocycles. The van der Waals surface area contributed by atoms with Gasteiger partial charge in [0, 0.05) is 0 Å². The SMILES string of the molecule is N#Cc1cccc(CS(=O)(=O)NC(CC(N)=O)C(=O)O)c1. The van der Waals surface area contributed by atoms with E-state index in [1.807, 2.05) is 10.8 Å². The Morgan fingerprint density at radius 2 is 2.10 bits per heavy atom. The summed E-state index contributed by atoms with van der Waals surface area (Å²) in [5.74, 6) is -2.94. The Kier molecular flexibility index (Phi) is 5.40. The first-order valence-corrected chi connectivity index (χ1v) is 7.39. The number of primary amides is 1. The van der Waals surface area contributed by atoms with Crippen molar-refractivity contribution in [3.05, 3.63) is 35.4 Å². The lowest BCUT2D eigenvalue weighted by Gasteiger charge is -2.13. The fourth-order valence-corrected chi connectivity index (χ4v) is 2.91. The van der Waals surface area contributed by atoms with Gasteiger partial charge in [0.25, 0.3) is 0 Å². The largest absolute Gasteiger partial charge is 0.480 e. The molecule has 1 aromatic carbocycles. The van der Waals surface area contributed by atoms with Crippen molar-refractivity contribution in [2.24, 2.45) is 5.73 Å². The topological polar surface area (TPSA) is 150 Å². The molecule has 1 aromatic rings. The predicted octanol–water partition coefficient (Wildman–Crippen LogP) is -0.694. The van der Waals surface area contributed by atoms with E-state index in [9.17, 15) is 18.0 Å². The molecule has 4 N–H and O–H groups in total. The van der Waals surface area contributed by atoms with Gasteiger partial charge in [-0.2, -0.15) is 5.26 Å². The third-order valence-corrected chi connectivity index (χ3v) is 3.79. The highest BCUT2D eigenvalue weighted by molar-refractivity contribution is 7.88.